The molecule has 1 aliphatic heterocycles. The fourth-order valence-corrected chi connectivity index (χ4v) is 1.98. The van der Waals surface area contributed by atoms with Gasteiger partial charge in [-0.1, -0.05) is 13.8 Å². The fourth-order valence-electron chi connectivity index (χ4n) is 1.98. The first-order valence-corrected chi connectivity index (χ1v) is 6.36. The van der Waals surface area contributed by atoms with Crippen molar-refractivity contribution < 1.29 is 9.90 Å². The third-order valence-corrected chi connectivity index (χ3v) is 3.60. The molecular weight excluding hydrogens is 244 g/mol. The van der Waals surface area contributed by atoms with Crippen molar-refractivity contribution in [2.75, 3.05) is 32.1 Å². The molecule has 0 spiro atoms. The standard InChI is InChI=1S/C13H20N4O2/c1-9(2)13(19)7-17(8-13)11-6-5-10(14-15-11)12(18)16(3)4/h5-6,9,19H,7-8H2,1-4H3. The van der Waals surface area contributed by atoms with Crippen LogP contribution in [0.4, 0.5) is 5.82 Å². The first-order valence-electron chi connectivity index (χ1n) is 6.36. The zero-order chi connectivity index (χ0) is 14.2. The average Bonchev–Trinajstić information content (AvgIpc) is 2.34. The highest BCUT2D eigenvalue weighted by atomic mass is 16.3. The maximum Gasteiger partial charge on any atom is 0.273 e. The van der Waals surface area contributed by atoms with E-state index in [4.69, 9.17) is 0 Å². The quantitative estimate of drug-likeness (QED) is 0.855. The molecule has 6 nitrogen and oxygen atoms in total. The number of hydrogen-bond acceptors (Lipinski definition) is 5. The summed E-state index contributed by atoms with van der Waals surface area (Å²) >= 11 is 0. The Labute approximate surface area is 113 Å². The van der Waals surface area contributed by atoms with Gasteiger partial charge in [0.2, 0.25) is 0 Å². The Morgan fingerprint density at radius 3 is 2.42 bits per heavy atom. The molecule has 104 valence electrons. The molecule has 1 saturated heterocycles. The first kappa shape index (κ1) is 13.7. The lowest BCUT2D eigenvalue weighted by Gasteiger charge is -2.49. The van der Waals surface area contributed by atoms with Crippen LogP contribution in [0.3, 0.4) is 0 Å². The number of rotatable bonds is 3. The third-order valence-electron chi connectivity index (χ3n) is 3.60. The summed E-state index contributed by atoms with van der Waals surface area (Å²) in [5, 5.41) is 18.2. The molecule has 0 atom stereocenters. The van der Waals surface area contributed by atoms with Crippen molar-refractivity contribution >= 4 is 11.7 Å². The predicted molar refractivity (Wildman–Crippen MR) is 72.1 cm³/mol. The van der Waals surface area contributed by atoms with Crippen LogP contribution < -0.4 is 4.90 Å². The lowest BCUT2D eigenvalue weighted by atomic mass is 9.83. The molecule has 1 aromatic rings. The van der Waals surface area contributed by atoms with Gasteiger partial charge < -0.3 is 14.9 Å². The van der Waals surface area contributed by atoms with Crippen LogP contribution in [0, 0.1) is 5.92 Å². The van der Waals surface area contributed by atoms with Crippen molar-refractivity contribution in [2.24, 2.45) is 5.92 Å². The summed E-state index contributed by atoms with van der Waals surface area (Å²) in [4.78, 5) is 15.1. The van der Waals surface area contributed by atoms with Crippen LogP contribution >= 0.6 is 0 Å². The van der Waals surface area contributed by atoms with Crippen molar-refractivity contribution in [2.45, 2.75) is 19.4 Å². The number of carbonyl (C=O) groups is 1. The van der Waals surface area contributed by atoms with Crippen LogP contribution in [0.1, 0.15) is 24.3 Å². The maximum absolute atomic E-state index is 11.7. The second kappa shape index (κ2) is 4.77. The number of anilines is 1. The topological polar surface area (TPSA) is 69.6 Å². The highest BCUT2D eigenvalue weighted by Crippen LogP contribution is 2.31. The first-order chi connectivity index (χ1) is 8.83. The summed E-state index contributed by atoms with van der Waals surface area (Å²) in [6, 6.07) is 3.43. The molecule has 1 aliphatic rings. The molecule has 0 bridgehead atoms. The summed E-state index contributed by atoms with van der Waals surface area (Å²) in [7, 11) is 3.35. The van der Waals surface area contributed by atoms with E-state index in [9.17, 15) is 9.90 Å². The minimum atomic E-state index is -0.639. The highest BCUT2D eigenvalue weighted by Gasteiger charge is 2.44. The summed E-state index contributed by atoms with van der Waals surface area (Å²) in [6.45, 7) is 5.12. The Morgan fingerprint density at radius 2 is 2.00 bits per heavy atom. The van der Waals surface area contributed by atoms with E-state index in [0.717, 1.165) is 0 Å². The Morgan fingerprint density at radius 1 is 1.37 bits per heavy atom. The van der Waals surface area contributed by atoms with Gasteiger partial charge in [0, 0.05) is 14.1 Å². The maximum atomic E-state index is 11.7. The van der Waals surface area contributed by atoms with E-state index < -0.39 is 5.60 Å². The highest BCUT2D eigenvalue weighted by molar-refractivity contribution is 5.91. The Bertz CT molecular complexity index is 464. The van der Waals surface area contributed by atoms with Crippen LogP contribution in [0.2, 0.25) is 0 Å². The molecule has 0 saturated carbocycles. The zero-order valence-corrected chi connectivity index (χ0v) is 11.8. The van der Waals surface area contributed by atoms with E-state index in [-0.39, 0.29) is 11.8 Å². The minimum Gasteiger partial charge on any atom is -0.386 e. The van der Waals surface area contributed by atoms with E-state index in [2.05, 4.69) is 10.2 Å². The Kier molecular flexibility index (Phi) is 3.45. The third kappa shape index (κ3) is 2.53. The summed E-state index contributed by atoms with van der Waals surface area (Å²) in [5.74, 6) is 0.744. The van der Waals surface area contributed by atoms with Crippen LogP contribution in [0.25, 0.3) is 0 Å². The zero-order valence-electron chi connectivity index (χ0n) is 11.8. The van der Waals surface area contributed by atoms with E-state index >= 15 is 0 Å². The van der Waals surface area contributed by atoms with Gasteiger partial charge in [0.1, 0.15) is 5.60 Å². The SMILES string of the molecule is CC(C)C1(O)CN(c2ccc(C(=O)N(C)C)nn2)C1. The lowest BCUT2D eigenvalue weighted by molar-refractivity contribution is -0.0305. The molecule has 1 aromatic heterocycles. The largest absolute Gasteiger partial charge is 0.386 e. The Hall–Kier alpha value is -1.69. The second-order valence-electron chi connectivity index (χ2n) is 5.59. The normalized spacial score (nSPS) is 17.3. The van der Waals surface area contributed by atoms with Gasteiger partial charge in [-0.2, -0.15) is 0 Å². The smallest absolute Gasteiger partial charge is 0.273 e. The molecule has 2 heterocycles. The number of amides is 1. The molecule has 19 heavy (non-hydrogen) atoms. The van der Waals surface area contributed by atoms with E-state index in [1.807, 2.05) is 18.7 Å². The van der Waals surface area contributed by atoms with Gasteiger partial charge in [0.15, 0.2) is 11.5 Å². The fraction of sp³-hybridized carbons (Fsp3) is 0.615. The predicted octanol–water partition coefficient (Wildman–Crippen LogP) is 0.385. The number of nitrogens with zero attached hydrogens (tertiary/aromatic N) is 4. The number of aliphatic hydroxyl groups is 1. The summed E-state index contributed by atoms with van der Waals surface area (Å²) in [6.07, 6.45) is 0. The van der Waals surface area contributed by atoms with E-state index in [1.54, 1.807) is 26.2 Å². The van der Waals surface area contributed by atoms with Gasteiger partial charge in [-0.05, 0) is 18.1 Å². The molecule has 1 N–H and O–H groups in total. The molecule has 6 heteroatoms. The van der Waals surface area contributed by atoms with Gasteiger partial charge in [-0.15, -0.1) is 10.2 Å². The molecule has 1 fully saturated rings. The minimum absolute atomic E-state index is 0.165. The van der Waals surface area contributed by atoms with Crippen molar-refractivity contribution in [3.8, 4) is 0 Å². The molecular formula is C13H20N4O2. The molecule has 1 amide bonds. The van der Waals surface area contributed by atoms with Crippen LogP contribution in [-0.4, -0.2) is 58.9 Å². The van der Waals surface area contributed by atoms with Crippen molar-refractivity contribution in [3.63, 3.8) is 0 Å². The van der Waals surface area contributed by atoms with Crippen molar-refractivity contribution in [1.82, 2.24) is 15.1 Å². The molecule has 0 radical (unpaired) electrons. The number of hydrogen-bond donors (Lipinski definition) is 1. The number of β-amino-alcohol motifs (C(OH)–C–C–N with tert-alkyl or cyclic N) is 1. The van der Waals surface area contributed by atoms with Gasteiger partial charge in [-0.3, -0.25) is 4.79 Å². The average molecular weight is 264 g/mol. The van der Waals surface area contributed by atoms with Crippen LogP contribution in [-0.2, 0) is 0 Å². The second-order valence-corrected chi connectivity index (χ2v) is 5.59. The molecule has 2 rings (SSSR count). The van der Waals surface area contributed by atoms with E-state index in [0.29, 0.717) is 24.6 Å². The lowest BCUT2D eigenvalue weighted by Crippen LogP contribution is -2.65. The number of carbonyl (C=O) groups excluding carboxylic acids is 1. The van der Waals surface area contributed by atoms with Crippen molar-refractivity contribution in [3.05, 3.63) is 17.8 Å². The van der Waals surface area contributed by atoms with E-state index in [1.165, 1.54) is 4.90 Å². The summed E-state index contributed by atoms with van der Waals surface area (Å²) in [5.41, 5.74) is -0.312. The van der Waals surface area contributed by atoms with Crippen LogP contribution in [0.5, 0.6) is 0 Å². The van der Waals surface area contributed by atoms with Gasteiger partial charge in [-0.25, -0.2) is 0 Å². The van der Waals surface area contributed by atoms with Gasteiger partial charge in [0.05, 0.1) is 13.1 Å². The molecule has 0 aliphatic carbocycles. The molecule has 0 aromatic carbocycles. The molecule has 0 unspecified atom stereocenters. The van der Waals surface area contributed by atoms with Crippen LogP contribution in [0.15, 0.2) is 12.1 Å². The van der Waals surface area contributed by atoms with Gasteiger partial charge >= 0.3 is 0 Å². The monoisotopic (exact) mass is 264 g/mol. The number of aromatic nitrogens is 2. The Balaban J connectivity index is 2.03. The van der Waals surface area contributed by atoms with Gasteiger partial charge in [0.25, 0.3) is 5.91 Å². The van der Waals surface area contributed by atoms with Crippen molar-refractivity contribution in [1.29, 1.82) is 0 Å². The summed E-state index contributed by atoms with van der Waals surface area (Å²) < 4.78 is 0.